The number of ether oxygens (including phenoxy) is 1. The van der Waals surface area contributed by atoms with Gasteiger partial charge in [-0.05, 0) is 0 Å². The smallest absolute Gasteiger partial charge is 0.221 e. The van der Waals surface area contributed by atoms with Gasteiger partial charge in [-0.15, -0.1) is 0 Å². The van der Waals surface area contributed by atoms with Gasteiger partial charge in [0.15, 0.2) is 0 Å². The summed E-state index contributed by atoms with van der Waals surface area (Å²) in [5.74, 6) is 0.148. The first kappa shape index (κ1) is 11.4. The van der Waals surface area contributed by atoms with Crippen LogP contribution >= 0.6 is 0 Å². The van der Waals surface area contributed by atoms with Crippen molar-refractivity contribution in [3.8, 4) is 0 Å². The van der Waals surface area contributed by atoms with Crippen molar-refractivity contribution in [2.75, 3.05) is 45.9 Å². The number of carbonyl (C=O) groups is 1. The fourth-order valence-corrected chi connectivity index (χ4v) is 1.42. The summed E-state index contributed by atoms with van der Waals surface area (Å²) in [6, 6.07) is 0. The number of nitrogens with two attached hydrogens (primary N) is 1. The van der Waals surface area contributed by atoms with Crippen LogP contribution in [0.4, 0.5) is 0 Å². The maximum atomic E-state index is 11.0. The predicted molar refractivity (Wildman–Crippen MR) is 53.9 cm³/mol. The molecule has 0 saturated carbocycles. The van der Waals surface area contributed by atoms with Gasteiger partial charge in [0.05, 0.1) is 13.2 Å². The molecule has 5 nitrogen and oxygen atoms in total. The molecule has 0 spiro atoms. The maximum absolute atomic E-state index is 11.0. The van der Waals surface area contributed by atoms with E-state index in [1.165, 1.54) is 0 Å². The number of rotatable bonds is 5. The molecule has 1 aliphatic rings. The molecule has 1 fully saturated rings. The Labute approximate surface area is 84.6 Å². The molecular formula is C9H19N3O2. The molecule has 5 heteroatoms. The molecule has 82 valence electrons. The van der Waals surface area contributed by atoms with Crippen molar-refractivity contribution in [1.29, 1.82) is 0 Å². The summed E-state index contributed by atoms with van der Waals surface area (Å²) in [7, 11) is 0. The third kappa shape index (κ3) is 4.55. The number of nitrogens with one attached hydrogen (secondary N) is 1. The quantitative estimate of drug-likeness (QED) is 0.547. The molecule has 14 heavy (non-hydrogen) atoms. The SMILES string of the molecule is NCCOCCN1CCNC(=O)CC1. The van der Waals surface area contributed by atoms with Crippen molar-refractivity contribution >= 4 is 5.91 Å². The topological polar surface area (TPSA) is 67.6 Å². The Balaban J connectivity index is 2.08. The fraction of sp³-hybridized carbons (Fsp3) is 0.889. The van der Waals surface area contributed by atoms with Crippen LogP contribution in [0.1, 0.15) is 6.42 Å². The Bertz CT molecular complexity index is 175. The first-order chi connectivity index (χ1) is 6.83. The third-order valence-electron chi connectivity index (χ3n) is 2.22. The number of nitrogens with zero attached hydrogens (tertiary/aromatic N) is 1. The zero-order valence-corrected chi connectivity index (χ0v) is 8.50. The van der Waals surface area contributed by atoms with Gasteiger partial charge in [0.2, 0.25) is 5.91 Å². The highest BCUT2D eigenvalue weighted by molar-refractivity contribution is 5.76. The molecule has 1 saturated heterocycles. The second kappa shape index (κ2) is 6.75. The number of amides is 1. The van der Waals surface area contributed by atoms with Gasteiger partial charge >= 0.3 is 0 Å². The van der Waals surface area contributed by atoms with Gasteiger partial charge in [-0.3, -0.25) is 9.69 Å². The lowest BCUT2D eigenvalue weighted by Crippen LogP contribution is -2.31. The number of carbonyl (C=O) groups excluding carboxylic acids is 1. The van der Waals surface area contributed by atoms with Crippen LogP contribution in [0, 0.1) is 0 Å². The van der Waals surface area contributed by atoms with Crippen molar-refractivity contribution in [3.05, 3.63) is 0 Å². The van der Waals surface area contributed by atoms with Gasteiger partial charge in [-0.2, -0.15) is 0 Å². The average molecular weight is 201 g/mol. The van der Waals surface area contributed by atoms with Crippen LogP contribution in [0.3, 0.4) is 0 Å². The Morgan fingerprint density at radius 3 is 3.07 bits per heavy atom. The summed E-state index contributed by atoms with van der Waals surface area (Å²) in [4.78, 5) is 13.2. The summed E-state index contributed by atoms with van der Waals surface area (Å²) in [5.41, 5.74) is 5.30. The molecule has 1 aliphatic heterocycles. The minimum absolute atomic E-state index is 0.148. The van der Waals surface area contributed by atoms with Crippen LogP contribution in [0.25, 0.3) is 0 Å². The number of hydrogen-bond acceptors (Lipinski definition) is 4. The Kier molecular flexibility index (Phi) is 5.51. The normalized spacial score (nSPS) is 19.1. The minimum Gasteiger partial charge on any atom is -0.379 e. The van der Waals surface area contributed by atoms with Crippen molar-refractivity contribution in [2.45, 2.75) is 6.42 Å². The second-order valence-corrected chi connectivity index (χ2v) is 3.34. The first-order valence-corrected chi connectivity index (χ1v) is 5.10. The molecule has 0 aromatic heterocycles. The highest BCUT2D eigenvalue weighted by Crippen LogP contribution is 1.95. The molecule has 1 rings (SSSR count). The molecule has 0 aliphatic carbocycles. The summed E-state index contributed by atoms with van der Waals surface area (Å²) in [6.07, 6.45) is 0.594. The van der Waals surface area contributed by atoms with Crippen LogP contribution < -0.4 is 11.1 Å². The van der Waals surface area contributed by atoms with Crippen molar-refractivity contribution in [3.63, 3.8) is 0 Å². The van der Waals surface area contributed by atoms with Gasteiger partial charge in [-0.1, -0.05) is 0 Å². The Morgan fingerprint density at radius 2 is 2.29 bits per heavy atom. The average Bonchev–Trinajstić information content (AvgIpc) is 2.38. The zero-order valence-electron chi connectivity index (χ0n) is 8.50. The minimum atomic E-state index is 0.148. The number of hydrogen-bond donors (Lipinski definition) is 2. The van der Waals surface area contributed by atoms with Crippen LogP contribution in [0.15, 0.2) is 0 Å². The molecule has 0 atom stereocenters. The first-order valence-electron chi connectivity index (χ1n) is 5.10. The van der Waals surface area contributed by atoms with Crippen LogP contribution in [0.5, 0.6) is 0 Å². The molecule has 1 amide bonds. The zero-order chi connectivity index (χ0) is 10.2. The van der Waals surface area contributed by atoms with Crippen molar-refractivity contribution in [1.82, 2.24) is 10.2 Å². The van der Waals surface area contributed by atoms with Crippen LogP contribution in [-0.2, 0) is 9.53 Å². The lowest BCUT2D eigenvalue weighted by atomic mass is 10.4. The molecule has 3 N–H and O–H groups in total. The van der Waals surface area contributed by atoms with Gasteiger partial charge in [0, 0.05) is 39.1 Å². The summed E-state index contributed by atoms with van der Waals surface area (Å²) < 4.78 is 5.28. The maximum Gasteiger partial charge on any atom is 0.221 e. The van der Waals surface area contributed by atoms with E-state index in [9.17, 15) is 4.79 Å². The van der Waals surface area contributed by atoms with E-state index >= 15 is 0 Å². The van der Waals surface area contributed by atoms with Gasteiger partial charge in [0.25, 0.3) is 0 Å². The predicted octanol–water partition coefficient (Wildman–Crippen LogP) is -1.22. The van der Waals surface area contributed by atoms with Gasteiger partial charge < -0.3 is 15.8 Å². The van der Waals surface area contributed by atoms with E-state index < -0.39 is 0 Å². The lowest BCUT2D eigenvalue weighted by Gasteiger charge is -2.18. The summed E-state index contributed by atoms with van der Waals surface area (Å²) >= 11 is 0. The molecule has 0 aromatic rings. The lowest BCUT2D eigenvalue weighted by molar-refractivity contribution is -0.120. The monoisotopic (exact) mass is 201 g/mol. The standard InChI is InChI=1S/C9H19N3O2/c10-2-7-14-8-6-12-4-1-9(13)11-3-5-12/h1-8,10H2,(H,11,13). The Hall–Kier alpha value is -0.650. The van der Waals surface area contributed by atoms with Crippen LogP contribution in [0.2, 0.25) is 0 Å². The third-order valence-corrected chi connectivity index (χ3v) is 2.22. The molecular weight excluding hydrogens is 182 g/mol. The van der Waals surface area contributed by atoms with E-state index in [0.29, 0.717) is 26.2 Å². The molecule has 0 radical (unpaired) electrons. The molecule has 0 bridgehead atoms. The molecule has 1 heterocycles. The largest absolute Gasteiger partial charge is 0.379 e. The Morgan fingerprint density at radius 1 is 1.43 bits per heavy atom. The van der Waals surface area contributed by atoms with Crippen molar-refractivity contribution < 1.29 is 9.53 Å². The van der Waals surface area contributed by atoms with E-state index in [4.69, 9.17) is 10.5 Å². The van der Waals surface area contributed by atoms with Crippen LogP contribution in [-0.4, -0.2) is 56.7 Å². The van der Waals surface area contributed by atoms with E-state index in [-0.39, 0.29) is 5.91 Å². The van der Waals surface area contributed by atoms with E-state index in [1.807, 2.05) is 0 Å². The highest BCUT2D eigenvalue weighted by atomic mass is 16.5. The van der Waals surface area contributed by atoms with E-state index in [1.54, 1.807) is 0 Å². The summed E-state index contributed by atoms with van der Waals surface area (Å²) in [6.45, 7) is 5.26. The van der Waals surface area contributed by atoms with Gasteiger partial charge in [0.1, 0.15) is 0 Å². The molecule has 0 unspecified atom stereocenters. The summed E-state index contributed by atoms with van der Waals surface area (Å²) in [5, 5.41) is 2.83. The van der Waals surface area contributed by atoms with E-state index in [0.717, 1.165) is 26.2 Å². The van der Waals surface area contributed by atoms with Gasteiger partial charge in [-0.25, -0.2) is 0 Å². The van der Waals surface area contributed by atoms with Crippen molar-refractivity contribution in [2.24, 2.45) is 5.73 Å². The highest BCUT2D eigenvalue weighted by Gasteiger charge is 2.12. The molecule has 0 aromatic carbocycles. The fourth-order valence-electron chi connectivity index (χ4n) is 1.42. The van der Waals surface area contributed by atoms with E-state index in [2.05, 4.69) is 10.2 Å². The second-order valence-electron chi connectivity index (χ2n) is 3.34.